The van der Waals surface area contributed by atoms with Crippen LogP contribution in [0, 0.1) is 16.7 Å². The molecule has 0 aromatic carbocycles. The Morgan fingerprint density at radius 2 is 2.00 bits per heavy atom. The Morgan fingerprint density at radius 3 is 2.29 bits per heavy atom. The molecule has 2 saturated carbocycles. The van der Waals surface area contributed by atoms with Gasteiger partial charge in [-0.3, -0.25) is 9.00 Å². The van der Waals surface area contributed by atoms with Gasteiger partial charge in [-0.05, 0) is 35.3 Å². The van der Waals surface area contributed by atoms with Gasteiger partial charge in [0, 0.05) is 5.41 Å². The molecule has 80 valence electrons. The highest BCUT2D eigenvalue weighted by molar-refractivity contribution is 7.80. The zero-order chi connectivity index (χ0) is 10.7. The van der Waals surface area contributed by atoms with E-state index in [9.17, 15) is 13.6 Å². The van der Waals surface area contributed by atoms with E-state index in [0.717, 1.165) is 12.8 Å². The molecule has 3 nitrogen and oxygen atoms in total. The van der Waals surface area contributed by atoms with Crippen molar-refractivity contribution < 1.29 is 13.6 Å². The van der Waals surface area contributed by atoms with Crippen LogP contribution in [0.4, 0.5) is 0 Å². The van der Waals surface area contributed by atoms with Gasteiger partial charge in [-0.1, -0.05) is 20.8 Å². The molecular weight excluding hydrogens is 200 g/mol. The van der Waals surface area contributed by atoms with E-state index in [1.807, 2.05) is 20.8 Å². The van der Waals surface area contributed by atoms with Crippen molar-refractivity contribution in [2.45, 2.75) is 38.9 Å². The van der Waals surface area contributed by atoms with Crippen LogP contribution in [0.15, 0.2) is 0 Å². The SMILES string of the molecule is CC12CCC(C(S(=O)[O-])C1=O)C2(C)C. The van der Waals surface area contributed by atoms with Crippen molar-refractivity contribution >= 4 is 16.9 Å². The van der Waals surface area contributed by atoms with Gasteiger partial charge in [0.25, 0.3) is 0 Å². The summed E-state index contributed by atoms with van der Waals surface area (Å²) in [6.45, 7) is 5.97. The summed E-state index contributed by atoms with van der Waals surface area (Å²) in [4.78, 5) is 12.0. The minimum atomic E-state index is -2.24. The lowest BCUT2D eigenvalue weighted by atomic mass is 9.70. The summed E-state index contributed by atoms with van der Waals surface area (Å²) in [5.41, 5.74) is -0.572. The fraction of sp³-hybridized carbons (Fsp3) is 0.900. The highest BCUT2D eigenvalue weighted by Gasteiger charge is 2.66. The maximum Gasteiger partial charge on any atom is 0.153 e. The number of hydrogen-bond acceptors (Lipinski definition) is 3. The second kappa shape index (κ2) is 2.67. The molecule has 2 aliphatic rings. The molecule has 2 aliphatic carbocycles. The summed E-state index contributed by atoms with van der Waals surface area (Å²) in [6.07, 6.45) is 1.71. The third-order valence-corrected chi connectivity index (χ3v) is 5.64. The average Bonchev–Trinajstić information content (AvgIpc) is 2.35. The summed E-state index contributed by atoms with van der Waals surface area (Å²) in [6, 6.07) is 0. The number of carbonyl (C=O) groups is 1. The van der Waals surface area contributed by atoms with Crippen molar-refractivity contribution in [1.29, 1.82) is 0 Å². The molecule has 0 aromatic rings. The normalized spacial score (nSPS) is 47.0. The molecule has 0 amide bonds. The van der Waals surface area contributed by atoms with Gasteiger partial charge in [0.05, 0.1) is 5.25 Å². The molecule has 0 N–H and O–H groups in total. The van der Waals surface area contributed by atoms with E-state index in [0.29, 0.717) is 0 Å². The first-order chi connectivity index (χ1) is 6.32. The molecule has 0 aliphatic heterocycles. The highest BCUT2D eigenvalue weighted by atomic mass is 32.2. The molecule has 4 unspecified atom stereocenters. The zero-order valence-corrected chi connectivity index (χ0v) is 9.52. The maximum absolute atomic E-state index is 12.0. The van der Waals surface area contributed by atoms with E-state index in [-0.39, 0.29) is 17.1 Å². The highest BCUT2D eigenvalue weighted by Crippen LogP contribution is 2.64. The van der Waals surface area contributed by atoms with Crippen LogP contribution in [0.25, 0.3) is 0 Å². The molecule has 0 aromatic heterocycles. The third-order valence-electron chi connectivity index (χ3n) is 4.68. The molecule has 0 spiro atoms. The molecule has 0 radical (unpaired) electrons. The number of ketones is 1. The number of carbonyl (C=O) groups excluding carboxylic acids is 1. The fourth-order valence-corrected chi connectivity index (χ4v) is 4.40. The minimum Gasteiger partial charge on any atom is -0.772 e. The first-order valence-corrected chi connectivity index (χ1v) is 6.08. The molecule has 0 saturated heterocycles. The van der Waals surface area contributed by atoms with Crippen molar-refractivity contribution in [3.8, 4) is 0 Å². The maximum atomic E-state index is 12.0. The monoisotopic (exact) mass is 215 g/mol. The number of Topliss-reactive ketones (excluding diaryl/α,β-unsaturated/α-hetero) is 1. The molecule has 14 heavy (non-hydrogen) atoms. The van der Waals surface area contributed by atoms with Gasteiger partial charge in [-0.25, -0.2) is 0 Å². The third kappa shape index (κ3) is 0.910. The fourth-order valence-electron chi connectivity index (χ4n) is 3.23. The van der Waals surface area contributed by atoms with Crippen LogP contribution in [-0.2, 0) is 15.9 Å². The van der Waals surface area contributed by atoms with Crippen molar-refractivity contribution in [3.63, 3.8) is 0 Å². The summed E-state index contributed by atoms with van der Waals surface area (Å²) >= 11 is -2.24. The standard InChI is InChI=1S/C10H16O3S/c1-9(2)6-4-5-10(9,3)8(11)7(6)14(12)13/h6-7H,4-5H2,1-3H3,(H,12,13)/p-1. The van der Waals surface area contributed by atoms with E-state index < -0.39 is 21.7 Å². The van der Waals surface area contributed by atoms with Gasteiger partial charge in [-0.15, -0.1) is 0 Å². The lowest BCUT2D eigenvalue weighted by Gasteiger charge is -2.32. The molecule has 4 heteroatoms. The average molecular weight is 215 g/mol. The van der Waals surface area contributed by atoms with E-state index in [2.05, 4.69) is 0 Å². The van der Waals surface area contributed by atoms with Gasteiger partial charge in [0.2, 0.25) is 0 Å². The van der Waals surface area contributed by atoms with Crippen LogP contribution in [0.5, 0.6) is 0 Å². The largest absolute Gasteiger partial charge is 0.772 e. The van der Waals surface area contributed by atoms with Crippen LogP contribution in [0.1, 0.15) is 33.6 Å². The Morgan fingerprint density at radius 1 is 1.43 bits per heavy atom. The van der Waals surface area contributed by atoms with Gasteiger partial charge < -0.3 is 4.55 Å². The van der Waals surface area contributed by atoms with Crippen LogP contribution in [0.3, 0.4) is 0 Å². The Labute approximate surface area is 86.6 Å². The lowest BCUT2D eigenvalue weighted by molar-refractivity contribution is -0.127. The van der Waals surface area contributed by atoms with Gasteiger partial charge in [0.1, 0.15) is 0 Å². The second-order valence-electron chi connectivity index (χ2n) is 5.24. The molecule has 2 fully saturated rings. The summed E-state index contributed by atoms with van der Waals surface area (Å²) in [7, 11) is 0. The van der Waals surface area contributed by atoms with E-state index in [1.165, 1.54) is 0 Å². The molecule has 0 heterocycles. The van der Waals surface area contributed by atoms with E-state index in [1.54, 1.807) is 0 Å². The first-order valence-electron chi connectivity index (χ1n) is 4.95. The van der Waals surface area contributed by atoms with Crippen LogP contribution in [-0.4, -0.2) is 19.8 Å². The van der Waals surface area contributed by atoms with Crippen LogP contribution < -0.4 is 0 Å². The number of hydrogen-bond donors (Lipinski definition) is 0. The van der Waals surface area contributed by atoms with Gasteiger partial charge in [0.15, 0.2) is 5.78 Å². The smallest absolute Gasteiger partial charge is 0.153 e. The first kappa shape index (κ1) is 10.3. The Bertz CT molecular complexity index is 323. The topological polar surface area (TPSA) is 57.2 Å². The van der Waals surface area contributed by atoms with Crippen LogP contribution in [0.2, 0.25) is 0 Å². The summed E-state index contributed by atoms with van der Waals surface area (Å²) in [5, 5.41) is -0.747. The number of rotatable bonds is 1. The number of fused-ring (bicyclic) bond motifs is 2. The van der Waals surface area contributed by atoms with Crippen molar-refractivity contribution in [2.75, 3.05) is 0 Å². The molecular formula is C10H15O3S-. The molecule has 2 bridgehead atoms. The lowest BCUT2D eigenvalue weighted by Crippen LogP contribution is -2.36. The molecule has 2 rings (SSSR count). The van der Waals surface area contributed by atoms with Crippen molar-refractivity contribution in [3.05, 3.63) is 0 Å². The van der Waals surface area contributed by atoms with Crippen LogP contribution >= 0.6 is 0 Å². The predicted octanol–water partition coefficient (Wildman–Crippen LogP) is 1.26. The predicted molar refractivity (Wildman–Crippen MR) is 52.3 cm³/mol. The Hall–Kier alpha value is -0.220. The zero-order valence-electron chi connectivity index (χ0n) is 8.70. The van der Waals surface area contributed by atoms with E-state index in [4.69, 9.17) is 0 Å². The molecule has 4 atom stereocenters. The minimum absolute atomic E-state index is 0.0262. The quantitative estimate of drug-likeness (QED) is 0.619. The Kier molecular flexibility index (Phi) is 1.96. The van der Waals surface area contributed by atoms with Gasteiger partial charge in [-0.2, -0.15) is 0 Å². The van der Waals surface area contributed by atoms with Crippen molar-refractivity contribution in [1.82, 2.24) is 0 Å². The van der Waals surface area contributed by atoms with Gasteiger partial charge >= 0.3 is 0 Å². The van der Waals surface area contributed by atoms with E-state index >= 15 is 0 Å². The Balaban J connectivity index is 2.49. The summed E-state index contributed by atoms with van der Waals surface area (Å²) < 4.78 is 22.0. The second-order valence-corrected chi connectivity index (χ2v) is 6.27. The van der Waals surface area contributed by atoms with Crippen molar-refractivity contribution in [2.24, 2.45) is 16.7 Å². The summed E-state index contributed by atoms with van der Waals surface area (Å²) in [5.74, 6) is -0.0367.